The van der Waals surface area contributed by atoms with Gasteiger partial charge in [0.2, 0.25) is 0 Å². The number of aliphatic hydroxyl groups is 1. The molecule has 0 radical (unpaired) electrons. The number of hydrogen-bond acceptors (Lipinski definition) is 5. The Morgan fingerprint density at radius 1 is 1.78 bits per heavy atom. The van der Waals surface area contributed by atoms with E-state index < -0.39 is 51.5 Å². The summed E-state index contributed by atoms with van der Waals surface area (Å²) in [5.41, 5.74) is 0. The Morgan fingerprint density at radius 3 is 2.11 bits per heavy atom. The van der Waals surface area contributed by atoms with Gasteiger partial charge in [0.25, 0.3) is 0 Å². The Kier molecular flexibility index (Phi) is 16.0. The molecule has 5 nitrogen and oxygen atoms in total. The molecule has 0 unspecified atom stereocenters. The molecule has 0 fully saturated rings. The van der Waals surface area contributed by atoms with Gasteiger partial charge in [-0.05, 0) is 0 Å². The quantitative estimate of drug-likeness (QED) is 0.553. The van der Waals surface area contributed by atoms with Crippen LogP contribution in [0.4, 0.5) is 0 Å². The van der Waals surface area contributed by atoms with Crippen LogP contribution in [0.3, 0.4) is 0 Å². The third-order valence-electron chi connectivity index (χ3n) is 0.258. The molecule has 6 heteroatoms. The molecule has 0 aliphatic carbocycles. The SMILES string of the molecule is O=C([O-])C[CH-]O.[O]=[Eu][O-]. The molecular weight excluding hydrogens is 268 g/mol. The predicted molar refractivity (Wildman–Crippen MR) is 16.5 cm³/mol. The van der Waals surface area contributed by atoms with Crippen molar-refractivity contribution in [1.29, 1.82) is 0 Å². The first-order valence-electron chi connectivity index (χ1n) is 1.74. The van der Waals surface area contributed by atoms with Gasteiger partial charge in [0.1, 0.15) is 0 Å². The van der Waals surface area contributed by atoms with Crippen LogP contribution < -0.4 is 5.47 Å². The molecule has 0 atom stereocenters. The summed E-state index contributed by atoms with van der Waals surface area (Å²) in [6.07, 6.45) is -0.389. The second kappa shape index (κ2) is 11.6. The summed E-state index contributed by atoms with van der Waals surface area (Å²) < 4.78 is 17.1. The fourth-order valence-electron chi connectivity index (χ4n) is 0.0745. The van der Waals surface area contributed by atoms with Crippen LogP contribution >= 0.6 is 0 Å². The van der Waals surface area contributed by atoms with Crippen molar-refractivity contribution in [3.05, 3.63) is 6.61 Å². The number of aliphatic carboxylic acids is 1. The van der Waals surface area contributed by atoms with E-state index in [4.69, 9.17) is 5.45 Å². The van der Waals surface area contributed by atoms with Gasteiger partial charge in [0.05, 0.1) is 0 Å². The van der Waals surface area contributed by atoms with Gasteiger partial charge in [-0.25, -0.2) is 6.61 Å². The average Bonchev–Trinajstić information content (AvgIpc) is 1.67. The molecule has 0 bridgehead atoms. The van der Waals surface area contributed by atoms with Crippen LogP contribution in [0.25, 0.3) is 0 Å². The summed E-state index contributed by atoms with van der Waals surface area (Å²) in [6, 6.07) is 0. The molecule has 0 aromatic rings. The monoisotopic (exact) mass is 273 g/mol. The van der Waals surface area contributed by atoms with Gasteiger partial charge in [-0.2, -0.15) is 0 Å². The van der Waals surface area contributed by atoms with Crippen molar-refractivity contribution in [2.24, 2.45) is 0 Å². The normalized spacial score (nSPS) is 7.33. The summed E-state index contributed by atoms with van der Waals surface area (Å²) in [5.74, 6) is -1.27. The van der Waals surface area contributed by atoms with Crippen molar-refractivity contribution in [2.75, 3.05) is 0 Å². The van der Waals surface area contributed by atoms with Gasteiger partial charge in [0, 0.05) is 5.97 Å². The van der Waals surface area contributed by atoms with Crippen molar-refractivity contribution in [3.8, 4) is 0 Å². The van der Waals surface area contributed by atoms with Crippen LogP contribution in [0.5, 0.6) is 0 Å². The van der Waals surface area contributed by atoms with Gasteiger partial charge < -0.3 is 15.0 Å². The fraction of sp³-hybridized carbons (Fsp3) is 0.333. The minimum atomic E-state index is -2.17. The van der Waals surface area contributed by atoms with E-state index in [1.54, 1.807) is 0 Å². The molecule has 0 rings (SSSR count). The van der Waals surface area contributed by atoms with Crippen molar-refractivity contribution in [1.82, 2.24) is 0 Å². The molecule has 0 heterocycles. The van der Waals surface area contributed by atoms with E-state index in [1.807, 2.05) is 0 Å². The van der Waals surface area contributed by atoms with E-state index in [9.17, 15) is 9.90 Å². The van der Waals surface area contributed by atoms with Crippen LogP contribution in [0.1, 0.15) is 6.42 Å². The standard InChI is InChI=1S/C3H5O3.Eu.2O/c4-2-1-3(5)6;;;/h2,4H,1H2,(H,5,6);;;/q-1;;;-1/p-1. The average molecular weight is 272 g/mol. The third kappa shape index (κ3) is 28.3. The first kappa shape index (κ1) is 12.5. The van der Waals surface area contributed by atoms with Crippen molar-refractivity contribution in [2.45, 2.75) is 6.42 Å². The van der Waals surface area contributed by atoms with Crippen LogP contribution in [0.15, 0.2) is 0 Å². The Bertz CT molecular complexity index is 82.3. The third-order valence-corrected chi connectivity index (χ3v) is 0.258. The molecule has 0 aliphatic rings. The number of hydrogen-bond donors (Lipinski definition) is 1. The zero-order valence-corrected chi connectivity index (χ0v) is 6.67. The Labute approximate surface area is 78.7 Å². The molecule has 0 saturated carbocycles. The molecule has 56 valence electrons. The van der Waals surface area contributed by atoms with Crippen LogP contribution in [-0.2, 0) is 4.77 Å². The van der Waals surface area contributed by atoms with E-state index in [1.165, 1.54) is 0 Å². The van der Waals surface area contributed by atoms with Gasteiger partial charge >= 0.3 is 45.8 Å². The van der Waals surface area contributed by atoms with Gasteiger partial charge in [-0.3, -0.25) is 0 Å². The summed E-state index contributed by atoms with van der Waals surface area (Å²) in [7, 11) is 0. The summed E-state index contributed by atoms with van der Waals surface area (Å²) in [5, 5.41) is 17.0. The molecule has 0 spiro atoms. The van der Waals surface area contributed by atoms with Crippen molar-refractivity contribution < 1.29 is 60.8 Å². The van der Waals surface area contributed by atoms with Crippen LogP contribution in [0.2, 0.25) is 0 Å². The second-order valence-corrected chi connectivity index (χ2v) is 1.23. The molecule has 9 heavy (non-hydrogen) atoms. The number of rotatable bonds is 2. The Balaban J connectivity index is 0. The maximum atomic E-state index is 9.30. The molecular formula is C3H4EuO5-3. The topological polar surface area (TPSA) is 100 Å². The van der Waals surface area contributed by atoms with Gasteiger partial charge in [-0.1, -0.05) is 0 Å². The molecule has 0 aliphatic heterocycles. The molecule has 1 N–H and O–H groups in total. The zero-order valence-electron chi connectivity index (χ0n) is 4.24. The molecule has 0 aromatic heterocycles. The molecule has 0 aromatic carbocycles. The van der Waals surface area contributed by atoms with Crippen LogP contribution in [-0.4, -0.2) is 11.1 Å². The molecule has 0 saturated heterocycles. The number of carboxylic acid groups (broad SMARTS) is 1. The first-order valence-corrected chi connectivity index (χ1v) is 3.72. The first-order chi connectivity index (χ1) is 4.18. The van der Waals surface area contributed by atoms with Gasteiger partial charge in [0.15, 0.2) is 0 Å². The summed E-state index contributed by atoms with van der Waals surface area (Å²) in [4.78, 5) is 9.30. The zero-order chi connectivity index (χ0) is 7.70. The second-order valence-electron chi connectivity index (χ2n) is 0.822. The maximum absolute atomic E-state index is 9.30. The number of carbonyl (C=O) groups excluding carboxylic acids is 1. The predicted octanol–water partition coefficient (Wildman–Crippen LogP) is -2.65. The number of aliphatic hydroxyl groups excluding tert-OH is 1. The van der Waals surface area contributed by atoms with E-state index in [0.29, 0.717) is 6.61 Å². The van der Waals surface area contributed by atoms with Gasteiger partial charge in [-0.15, -0.1) is 6.42 Å². The van der Waals surface area contributed by atoms with E-state index in [0.717, 1.165) is 0 Å². The van der Waals surface area contributed by atoms with E-state index >= 15 is 0 Å². The number of carboxylic acids is 1. The number of carbonyl (C=O) groups is 1. The Hall–Kier alpha value is 0.774. The fourth-order valence-corrected chi connectivity index (χ4v) is 0.0745. The van der Waals surface area contributed by atoms with Crippen molar-refractivity contribution >= 4 is 5.97 Å². The van der Waals surface area contributed by atoms with Crippen LogP contribution in [0, 0.1) is 52.1 Å². The van der Waals surface area contributed by atoms with E-state index in [2.05, 4.69) is 0 Å². The Morgan fingerprint density at radius 2 is 2.11 bits per heavy atom. The van der Waals surface area contributed by atoms with E-state index in [-0.39, 0.29) is 6.42 Å². The summed E-state index contributed by atoms with van der Waals surface area (Å²) >= 11 is -2.17. The minimum absolute atomic E-state index is 0.389. The summed E-state index contributed by atoms with van der Waals surface area (Å²) in [6.45, 7) is 0.537. The van der Waals surface area contributed by atoms with Crippen molar-refractivity contribution in [3.63, 3.8) is 0 Å². The molecule has 0 amide bonds.